The number of hydrogen-bond acceptors (Lipinski definition) is 2. The lowest BCUT2D eigenvalue weighted by Crippen LogP contribution is -2.08. The minimum atomic E-state index is -0.263. The van der Waals surface area contributed by atoms with Crippen LogP contribution < -0.4 is 4.74 Å². The normalized spacial score (nSPS) is 24.3. The van der Waals surface area contributed by atoms with Gasteiger partial charge in [-0.15, -0.1) is 0 Å². The van der Waals surface area contributed by atoms with Crippen molar-refractivity contribution in [2.24, 2.45) is 0 Å². The highest BCUT2D eigenvalue weighted by Crippen LogP contribution is 2.30. The van der Waals surface area contributed by atoms with Crippen LogP contribution in [0.15, 0.2) is 30.3 Å². The van der Waals surface area contributed by atoms with Crippen LogP contribution >= 0.6 is 0 Å². The van der Waals surface area contributed by atoms with Gasteiger partial charge >= 0.3 is 0 Å². The van der Waals surface area contributed by atoms with Crippen molar-refractivity contribution < 1.29 is 9.84 Å². The highest BCUT2D eigenvalue weighted by molar-refractivity contribution is 5.67. The van der Waals surface area contributed by atoms with Crippen LogP contribution in [-0.2, 0) is 0 Å². The molecular formula is C15H18O2. The Hall–Kier alpha value is -1.28. The third-order valence-corrected chi connectivity index (χ3v) is 3.39. The molecule has 0 heterocycles. The molecule has 90 valence electrons. The topological polar surface area (TPSA) is 29.5 Å². The molecule has 2 aliphatic carbocycles. The van der Waals surface area contributed by atoms with Gasteiger partial charge in [0.05, 0.1) is 12.2 Å². The van der Waals surface area contributed by atoms with E-state index >= 15 is 0 Å². The zero-order valence-electron chi connectivity index (χ0n) is 9.93. The molecule has 1 saturated carbocycles. The lowest BCUT2D eigenvalue weighted by Gasteiger charge is -2.17. The zero-order valence-corrected chi connectivity index (χ0v) is 9.93. The summed E-state index contributed by atoms with van der Waals surface area (Å²) in [6.07, 6.45) is 7.61. The predicted molar refractivity (Wildman–Crippen MR) is 67.9 cm³/mol. The van der Waals surface area contributed by atoms with Crippen molar-refractivity contribution in [1.29, 1.82) is 0 Å². The van der Waals surface area contributed by atoms with Gasteiger partial charge in [-0.25, -0.2) is 0 Å². The highest BCUT2D eigenvalue weighted by atomic mass is 16.5. The second-order valence-corrected chi connectivity index (χ2v) is 4.99. The van der Waals surface area contributed by atoms with E-state index in [4.69, 9.17) is 4.74 Å². The van der Waals surface area contributed by atoms with Crippen molar-refractivity contribution in [2.75, 3.05) is 0 Å². The van der Waals surface area contributed by atoms with E-state index in [0.29, 0.717) is 6.10 Å². The molecule has 2 aliphatic rings. The first-order valence-electron chi connectivity index (χ1n) is 6.47. The van der Waals surface area contributed by atoms with Crippen LogP contribution in [-0.4, -0.2) is 17.3 Å². The van der Waals surface area contributed by atoms with Gasteiger partial charge in [0.25, 0.3) is 0 Å². The lowest BCUT2D eigenvalue weighted by molar-refractivity contribution is 0.206. The fourth-order valence-electron chi connectivity index (χ4n) is 2.27. The first kappa shape index (κ1) is 10.8. The summed E-state index contributed by atoms with van der Waals surface area (Å²) in [6, 6.07) is 8.27. The van der Waals surface area contributed by atoms with Gasteiger partial charge in [0.2, 0.25) is 0 Å². The zero-order chi connectivity index (χ0) is 11.7. The lowest BCUT2D eigenvalue weighted by atomic mass is 9.92. The van der Waals surface area contributed by atoms with Crippen LogP contribution in [0.4, 0.5) is 0 Å². The van der Waals surface area contributed by atoms with Crippen LogP contribution in [0.2, 0.25) is 0 Å². The first-order chi connectivity index (χ1) is 8.31. The number of allylic oxidation sites excluding steroid dienone is 1. The van der Waals surface area contributed by atoms with Crippen LogP contribution in [0.25, 0.3) is 5.57 Å². The van der Waals surface area contributed by atoms with Crippen molar-refractivity contribution in [3.05, 3.63) is 35.9 Å². The fourth-order valence-corrected chi connectivity index (χ4v) is 2.27. The van der Waals surface area contributed by atoms with Crippen LogP contribution in [0.5, 0.6) is 5.75 Å². The summed E-state index contributed by atoms with van der Waals surface area (Å²) in [4.78, 5) is 0. The minimum absolute atomic E-state index is 0.263. The van der Waals surface area contributed by atoms with Gasteiger partial charge in [-0.2, -0.15) is 0 Å². The van der Waals surface area contributed by atoms with Crippen molar-refractivity contribution in [3.63, 3.8) is 0 Å². The average molecular weight is 230 g/mol. The maximum absolute atomic E-state index is 9.62. The maximum Gasteiger partial charge on any atom is 0.119 e. The number of benzene rings is 1. The van der Waals surface area contributed by atoms with Gasteiger partial charge < -0.3 is 9.84 Å². The van der Waals surface area contributed by atoms with E-state index < -0.39 is 0 Å². The molecule has 0 saturated heterocycles. The molecule has 1 N–H and O–H groups in total. The third kappa shape index (κ3) is 2.70. The Morgan fingerprint density at radius 3 is 2.47 bits per heavy atom. The van der Waals surface area contributed by atoms with Crippen LogP contribution in [0, 0.1) is 0 Å². The molecule has 1 aromatic carbocycles. The quantitative estimate of drug-likeness (QED) is 0.864. The predicted octanol–water partition coefficient (Wildman–Crippen LogP) is 3.16. The van der Waals surface area contributed by atoms with Crippen LogP contribution in [0.3, 0.4) is 0 Å². The van der Waals surface area contributed by atoms with Crippen LogP contribution in [0.1, 0.15) is 37.7 Å². The van der Waals surface area contributed by atoms with Crippen molar-refractivity contribution in [2.45, 2.75) is 44.3 Å². The van der Waals surface area contributed by atoms with E-state index in [9.17, 15) is 5.11 Å². The Balaban J connectivity index is 1.74. The molecule has 1 atom stereocenters. The van der Waals surface area contributed by atoms with Gasteiger partial charge in [0.15, 0.2) is 0 Å². The van der Waals surface area contributed by atoms with Crippen molar-refractivity contribution in [3.8, 4) is 5.75 Å². The summed E-state index contributed by atoms with van der Waals surface area (Å²) in [5, 5.41) is 9.62. The number of aliphatic hydroxyl groups excluding tert-OH is 1. The Bertz CT molecular complexity index is 415. The van der Waals surface area contributed by atoms with Gasteiger partial charge in [0.1, 0.15) is 5.75 Å². The molecule has 0 spiro atoms. The maximum atomic E-state index is 9.62. The molecule has 2 nitrogen and oxygen atoms in total. The number of ether oxygens (including phenoxy) is 1. The molecule has 0 aliphatic heterocycles. The number of hydrogen-bond donors (Lipinski definition) is 1. The summed E-state index contributed by atoms with van der Waals surface area (Å²) in [7, 11) is 0. The van der Waals surface area contributed by atoms with E-state index in [0.717, 1.165) is 25.0 Å². The monoisotopic (exact) mass is 230 g/mol. The molecule has 1 fully saturated rings. The minimum Gasteiger partial charge on any atom is -0.490 e. The summed E-state index contributed by atoms with van der Waals surface area (Å²) >= 11 is 0. The molecule has 0 amide bonds. The summed E-state index contributed by atoms with van der Waals surface area (Å²) in [6.45, 7) is 0. The van der Waals surface area contributed by atoms with E-state index in [1.165, 1.54) is 24.0 Å². The molecular weight excluding hydrogens is 212 g/mol. The van der Waals surface area contributed by atoms with Crippen molar-refractivity contribution >= 4 is 5.57 Å². The summed E-state index contributed by atoms with van der Waals surface area (Å²) in [5.74, 6) is 0.966. The molecule has 2 heteroatoms. The Kier molecular flexibility index (Phi) is 2.89. The standard InChI is InChI=1S/C15H18O2/c16-13-3-1-2-12(10-13)11-4-6-14(7-5-11)17-15-8-9-15/h4-7,10,13,15-16H,1-3,8-9H2. The summed E-state index contributed by atoms with van der Waals surface area (Å²) < 4.78 is 5.72. The Morgan fingerprint density at radius 1 is 1.06 bits per heavy atom. The number of aliphatic hydroxyl groups is 1. The SMILES string of the molecule is OC1C=C(c2ccc(OC3CC3)cc2)CCC1. The number of rotatable bonds is 3. The molecule has 0 radical (unpaired) electrons. The molecule has 3 rings (SSSR count). The van der Waals surface area contributed by atoms with Crippen molar-refractivity contribution in [1.82, 2.24) is 0 Å². The molecule has 0 bridgehead atoms. The average Bonchev–Trinajstić information content (AvgIpc) is 3.14. The summed E-state index contributed by atoms with van der Waals surface area (Å²) in [5.41, 5.74) is 2.48. The first-order valence-corrected chi connectivity index (χ1v) is 6.47. The Labute approximate surface area is 102 Å². The Morgan fingerprint density at radius 2 is 1.82 bits per heavy atom. The fraction of sp³-hybridized carbons (Fsp3) is 0.467. The molecule has 1 unspecified atom stereocenters. The van der Waals surface area contributed by atoms with Gasteiger partial charge in [-0.3, -0.25) is 0 Å². The van der Waals surface area contributed by atoms with Gasteiger partial charge in [-0.1, -0.05) is 18.2 Å². The smallest absolute Gasteiger partial charge is 0.119 e. The van der Waals surface area contributed by atoms with E-state index in [-0.39, 0.29) is 6.10 Å². The molecule has 1 aromatic rings. The molecule has 17 heavy (non-hydrogen) atoms. The van der Waals surface area contributed by atoms with Gasteiger partial charge in [-0.05, 0) is 55.4 Å². The highest BCUT2D eigenvalue weighted by Gasteiger charge is 2.23. The molecule has 0 aromatic heterocycles. The second kappa shape index (κ2) is 4.53. The van der Waals surface area contributed by atoms with E-state index in [2.05, 4.69) is 12.1 Å². The third-order valence-electron chi connectivity index (χ3n) is 3.39. The second-order valence-electron chi connectivity index (χ2n) is 4.99. The van der Waals surface area contributed by atoms with Gasteiger partial charge in [0, 0.05) is 0 Å². The van der Waals surface area contributed by atoms with E-state index in [1.807, 2.05) is 18.2 Å². The largest absolute Gasteiger partial charge is 0.490 e. The van der Waals surface area contributed by atoms with E-state index in [1.54, 1.807) is 0 Å².